The molecule has 106 valence electrons. The molecule has 3 heteroatoms. The molecule has 2 atom stereocenters. The first kappa shape index (κ1) is 14.5. The molecule has 0 spiro atoms. The van der Waals surface area contributed by atoms with E-state index in [0.717, 1.165) is 19.6 Å². The summed E-state index contributed by atoms with van der Waals surface area (Å²) in [4.78, 5) is 2.59. The highest BCUT2D eigenvalue weighted by molar-refractivity contribution is 5.17. The molecule has 2 N–H and O–H groups in total. The SMILES string of the molecule is CC(NCCC(C)N1CCNCC1)c1ccccc1. The normalized spacial score (nSPS) is 20.1. The van der Waals surface area contributed by atoms with Gasteiger partial charge >= 0.3 is 0 Å². The first-order valence-electron chi connectivity index (χ1n) is 7.50. The van der Waals surface area contributed by atoms with Crippen molar-refractivity contribution in [3.05, 3.63) is 35.9 Å². The van der Waals surface area contributed by atoms with Crippen LogP contribution in [0.3, 0.4) is 0 Å². The van der Waals surface area contributed by atoms with Gasteiger partial charge in [0.2, 0.25) is 0 Å². The van der Waals surface area contributed by atoms with Crippen molar-refractivity contribution in [1.29, 1.82) is 0 Å². The molecule has 0 amide bonds. The van der Waals surface area contributed by atoms with Gasteiger partial charge in [0, 0.05) is 38.3 Å². The Morgan fingerprint density at radius 2 is 1.84 bits per heavy atom. The lowest BCUT2D eigenvalue weighted by atomic mass is 10.1. The minimum Gasteiger partial charge on any atom is -0.314 e. The maximum atomic E-state index is 3.63. The van der Waals surface area contributed by atoms with Gasteiger partial charge in [0.15, 0.2) is 0 Å². The van der Waals surface area contributed by atoms with Gasteiger partial charge in [-0.1, -0.05) is 30.3 Å². The zero-order valence-electron chi connectivity index (χ0n) is 12.2. The molecule has 1 heterocycles. The molecule has 1 aliphatic heterocycles. The highest BCUT2D eigenvalue weighted by atomic mass is 15.2. The van der Waals surface area contributed by atoms with Crippen LogP contribution in [-0.2, 0) is 0 Å². The molecule has 1 aliphatic rings. The molecule has 2 rings (SSSR count). The van der Waals surface area contributed by atoms with Gasteiger partial charge in [-0.05, 0) is 32.4 Å². The van der Waals surface area contributed by atoms with E-state index in [9.17, 15) is 0 Å². The van der Waals surface area contributed by atoms with Crippen molar-refractivity contribution in [2.24, 2.45) is 0 Å². The van der Waals surface area contributed by atoms with Crippen LogP contribution in [0.1, 0.15) is 31.9 Å². The van der Waals surface area contributed by atoms with E-state index >= 15 is 0 Å². The summed E-state index contributed by atoms with van der Waals surface area (Å²) in [6.45, 7) is 10.3. The zero-order chi connectivity index (χ0) is 13.5. The van der Waals surface area contributed by atoms with Crippen LogP contribution in [-0.4, -0.2) is 43.7 Å². The predicted octanol–water partition coefficient (Wildman–Crippen LogP) is 2.02. The van der Waals surface area contributed by atoms with Crippen LogP contribution in [0.4, 0.5) is 0 Å². The van der Waals surface area contributed by atoms with Crippen LogP contribution in [0.2, 0.25) is 0 Å². The van der Waals surface area contributed by atoms with Crippen LogP contribution in [0, 0.1) is 0 Å². The smallest absolute Gasteiger partial charge is 0.0291 e. The number of nitrogens with one attached hydrogen (secondary N) is 2. The molecule has 1 aromatic carbocycles. The molecular weight excluding hydrogens is 234 g/mol. The third kappa shape index (κ3) is 4.60. The first-order valence-corrected chi connectivity index (χ1v) is 7.50. The summed E-state index contributed by atoms with van der Waals surface area (Å²) in [5, 5.41) is 7.03. The van der Waals surface area contributed by atoms with Crippen molar-refractivity contribution < 1.29 is 0 Å². The van der Waals surface area contributed by atoms with Crippen LogP contribution < -0.4 is 10.6 Å². The van der Waals surface area contributed by atoms with Gasteiger partial charge in [-0.15, -0.1) is 0 Å². The Kier molecular flexibility index (Phi) is 5.83. The molecule has 0 aromatic heterocycles. The number of rotatable bonds is 6. The maximum absolute atomic E-state index is 3.63. The average molecular weight is 261 g/mol. The Balaban J connectivity index is 1.68. The lowest BCUT2D eigenvalue weighted by molar-refractivity contribution is 0.175. The third-order valence-electron chi connectivity index (χ3n) is 4.09. The summed E-state index contributed by atoms with van der Waals surface area (Å²) in [6.07, 6.45) is 1.22. The lowest BCUT2D eigenvalue weighted by Gasteiger charge is -2.33. The molecule has 1 saturated heterocycles. The van der Waals surface area contributed by atoms with Gasteiger partial charge in [-0.3, -0.25) is 4.90 Å². The Hall–Kier alpha value is -0.900. The minimum absolute atomic E-state index is 0.441. The molecule has 1 fully saturated rings. The van der Waals surface area contributed by atoms with Crippen LogP contribution in [0.25, 0.3) is 0 Å². The molecule has 19 heavy (non-hydrogen) atoms. The number of nitrogens with zero attached hydrogens (tertiary/aromatic N) is 1. The van der Waals surface area contributed by atoms with Gasteiger partial charge in [-0.25, -0.2) is 0 Å². The number of benzene rings is 1. The second kappa shape index (κ2) is 7.63. The molecule has 1 aromatic rings. The maximum Gasteiger partial charge on any atom is 0.0291 e. The van der Waals surface area contributed by atoms with Gasteiger partial charge < -0.3 is 10.6 Å². The summed E-state index contributed by atoms with van der Waals surface area (Å²) in [5.74, 6) is 0. The lowest BCUT2D eigenvalue weighted by Crippen LogP contribution is -2.48. The summed E-state index contributed by atoms with van der Waals surface area (Å²) in [5.41, 5.74) is 1.37. The largest absolute Gasteiger partial charge is 0.314 e. The molecule has 2 unspecified atom stereocenters. The second-order valence-corrected chi connectivity index (χ2v) is 5.51. The first-order chi connectivity index (χ1) is 9.27. The van der Waals surface area contributed by atoms with Crippen LogP contribution in [0.15, 0.2) is 30.3 Å². The van der Waals surface area contributed by atoms with Crippen molar-refractivity contribution in [1.82, 2.24) is 15.5 Å². The third-order valence-corrected chi connectivity index (χ3v) is 4.09. The Labute approximate surface area is 117 Å². The molecule has 3 nitrogen and oxygen atoms in total. The van der Waals surface area contributed by atoms with Gasteiger partial charge in [0.1, 0.15) is 0 Å². The second-order valence-electron chi connectivity index (χ2n) is 5.51. The van der Waals surface area contributed by atoms with E-state index in [2.05, 4.69) is 59.7 Å². The molecular formula is C16H27N3. The summed E-state index contributed by atoms with van der Waals surface area (Å²) < 4.78 is 0. The minimum atomic E-state index is 0.441. The fourth-order valence-corrected chi connectivity index (χ4v) is 2.67. The Morgan fingerprint density at radius 1 is 1.16 bits per heavy atom. The van der Waals surface area contributed by atoms with Crippen molar-refractivity contribution in [3.63, 3.8) is 0 Å². The van der Waals surface area contributed by atoms with E-state index in [4.69, 9.17) is 0 Å². The van der Waals surface area contributed by atoms with E-state index in [1.165, 1.54) is 25.1 Å². The monoisotopic (exact) mass is 261 g/mol. The van der Waals surface area contributed by atoms with Gasteiger partial charge in [0.25, 0.3) is 0 Å². The van der Waals surface area contributed by atoms with Crippen molar-refractivity contribution in [2.45, 2.75) is 32.4 Å². The topological polar surface area (TPSA) is 27.3 Å². The fraction of sp³-hybridized carbons (Fsp3) is 0.625. The standard InChI is InChI=1S/C16H27N3/c1-14(19-12-10-17-11-13-19)8-9-18-15(2)16-6-4-3-5-7-16/h3-7,14-15,17-18H,8-13H2,1-2H3. The van der Waals surface area contributed by atoms with Gasteiger partial charge in [0.05, 0.1) is 0 Å². The fourth-order valence-electron chi connectivity index (χ4n) is 2.67. The van der Waals surface area contributed by atoms with Crippen LogP contribution >= 0.6 is 0 Å². The zero-order valence-corrected chi connectivity index (χ0v) is 12.2. The van der Waals surface area contributed by atoms with E-state index < -0.39 is 0 Å². The molecule has 0 radical (unpaired) electrons. The van der Waals surface area contributed by atoms with Crippen molar-refractivity contribution in [3.8, 4) is 0 Å². The number of hydrogen-bond donors (Lipinski definition) is 2. The Bertz CT molecular complexity index is 346. The summed E-state index contributed by atoms with van der Waals surface area (Å²) in [7, 11) is 0. The van der Waals surface area contributed by atoms with E-state index in [1.54, 1.807) is 0 Å². The molecule has 0 bridgehead atoms. The van der Waals surface area contributed by atoms with Gasteiger partial charge in [-0.2, -0.15) is 0 Å². The highest BCUT2D eigenvalue weighted by Crippen LogP contribution is 2.11. The number of piperazine rings is 1. The quantitative estimate of drug-likeness (QED) is 0.820. The predicted molar refractivity (Wildman–Crippen MR) is 81.4 cm³/mol. The summed E-state index contributed by atoms with van der Waals surface area (Å²) in [6, 6.07) is 11.8. The highest BCUT2D eigenvalue weighted by Gasteiger charge is 2.16. The van der Waals surface area contributed by atoms with Crippen molar-refractivity contribution in [2.75, 3.05) is 32.7 Å². The van der Waals surface area contributed by atoms with E-state index in [1.807, 2.05) is 0 Å². The van der Waals surface area contributed by atoms with Crippen LogP contribution in [0.5, 0.6) is 0 Å². The molecule has 0 aliphatic carbocycles. The van der Waals surface area contributed by atoms with E-state index in [-0.39, 0.29) is 0 Å². The van der Waals surface area contributed by atoms with E-state index in [0.29, 0.717) is 12.1 Å². The summed E-state index contributed by atoms with van der Waals surface area (Å²) >= 11 is 0. The molecule has 0 saturated carbocycles. The Morgan fingerprint density at radius 3 is 2.53 bits per heavy atom. The number of hydrogen-bond acceptors (Lipinski definition) is 3. The van der Waals surface area contributed by atoms with Crippen molar-refractivity contribution >= 4 is 0 Å². The average Bonchev–Trinajstić information content (AvgIpc) is 2.49.